The van der Waals surface area contributed by atoms with Crippen molar-refractivity contribution >= 4 is 29.1 Å². The zero-order valence-electron chi connectivity index (χ0n) is 19.6. The lowest BCUT2D eigenvalue weighted by Gasteiger charge is -2.40. The molecule has 2 aromatic carbocycles. The number of ether oxygens (including phenoxy) is 1. The number of hydrogen-bond acceptors (Lipinski definition) is 7. The molecule has 12 heteroatoms. The summed E-state index contributed by atoms with van der Waals surface area (Å²) >= 11 is 12.8. The highest BCUT2D eigenvalue weighted by molar-refractivity contribution is 6.37. The monoisotopic (exact) mass is 546 g/mol. The molecule has 1 unspecified atom stereocenters. The molecule has 1 amide bonds. The van der Waals surface area contributed by atoms with E-state index < -0.39 is 11.2 Å². The molecule has 0 radical (unpaired) electrons. The Hall–Kier alpha value is -3.34. The average Bonchev–Trinajstić information content (AvgIpc) is 3.20. The maximum absolute atomic E-state index is 13.4. The lowest BCUT2D eigenvalue weighted by molar-refractivity contribution is 0.0478. The van der Waals surface area contributed by atoms with Crippen LogP contribution in [0.1, 0.15) is 42.5 Å². The van der Waals surface area contributed by atoms with Crippen molar-refractivity contribution in [3.05, 3.63) is 73.0 Å². The number of aliphatic hydroxyl groups is 1. The second-order valence-corrected chi connectivity index (χ2v) is 10.4. The van der Waals surface area contributed by atoms with Gasteiger partial charge in [0.25, 0.3) is 11.5 Å². The predicted octanol–water partition coefficient (Wildman–Crippen LogP) is 3.49. The Kier molecular flexibility index (Phi) is 6.74. The minimum Gasteiger partial charge on any atom is -0.507 e. The van der Waals surface area contributed by atoms with Crippen molar-refractivity contribution in [3.63, 3.8) is 0 Å². The smallest absolute Gasteiger partial charge is 0.349 e. The number of amides is 1. The van der Waals surface area contributed by atoms with Crippen LogP contribution in [0.5, 0.6) is 17.2 Å². The second kappa shape index (κ2) is 9.85. The quantitative estimate of drug-likeness (QED) is 0.455. The van der Waals surface area contributed by atoms with E-state index in [1.165, 1.54) is 30.3 Å². The standard InChI is InChI=1S/C25H24Cl2N4O6/c26-18-8-14(31-24(36)29-21(34)12-28-31)9-19(27)22(18)37-16-2-3-20(33)17(10-16)23(35)30-7-1-5-25(13-30)6-4-15(32)11-25/h2-3,8-10,12,15,32-33H,1,4-7,11,13H2,(H,29,34,36)/t15-,25?/m0/s1. The molecule has 2 heterocycles. The molecule has 10 nitrogen and oxygen atoms in total. The number of aromatic nitrogens is 3. The zero-order chi connectivity index (χ0) is 26.3. The molecule has 0 bridgehead atoms. The summed E-state index contributed by atoms with van der Waals surface area (Å²) in [5, 5.41) is 24.4. The number of aromatic hydroxyl groups is 1. The predicted molar refractivity (Wildman–Crippen MR) is 136 cm³/mol. The van der Waals surface area contributed by atoms with Gasteiger partial charge in [-0.2, -0.15) is 9.78 Å². The van der Waals surface area contributed by atoms with Gasteiger partial charge in [0, 0.05) is 13.1 Å². The number of hydrogen-bond donors (Lipinski definition) is 3. The number of likely N-dealkylation sites (tertiary alicyclic amines) is 1. The van der Waals surface area contributed by atoms with Crippen molar-refractivity contribution in [2.45, 2.75) is 38.2 Å². The van der Waals surface area contributed by atoms with E-state index >= 15 is 0 Å². The van der Waals surface area contributed by atoms with Gasteiger partial charge in [0.2, 0.25) is 0 Å². The Labute approximate surface area is 221 Å². The summed E-state index contributed by atoms with van der Waals surface area (Å²) in [6.07, 6.45) is 4.71. The van der Waals surface area contributed by atoms with Gasteiger partial charge in [-0.1, -0.05) is 23.2 Å². The van der Waals surface area contributed by atoms with Crippen molar-refractivity contribution in [3.8, 4) is 22.9 Å². The molecule has 3 aromatic rings. The Morgan fingerprint density at radius 2 is 1.92 bits per heavy atom. The Balaban J connectivity index is 1.39. The van der Waals surface area contributed by atoms with Gasteiger partial charge in [-0.05, 0) is 67.9 Å². The summed E-state index contributed by atoms with van der Waals surface area (Å²) in [5.41, 5.74) is -1.19. The van der Waals surface area contributed by atoms with Crippen LogP contribution in [0.15, 0.2) is 46.1 Å². The lowest BCUT2D eigenvalue weighted by Crippen LogP contribution is -2.45. The number of phenolic OH excluding ortho intramolecular Hbond substituents is 1. The van der Waals surface area contributed by atoms with Gasteiger partial charge in [-0.15, -0.1) is 0 Å². The molecule has 5 rings (SSSR count). The molecule has 1 aromatic heterocycles. The van der Waals surface area contributed by atoms with Gasteiger partial charge in [0.05, 0.1) is 27.4 Å². The zero-order valence-corrected chi connectivity index (χ0v) is 21.1. The van der Waals surface area contributed by atoms with Gasteiger partial charge in [0.1, 0.15) is 17.7 Å². The molecule has 194 valence electrons. The van der Waals surface area contributed by atoms with Gasteiger partial charge < -0.3 is 19.8 Å². The van der Waals surface area contributed by atoms with E-state index in [1.54, 1.807) is 4.90 Å². The number of aliphatic hydroxyl groups excluding tert-OH is 1. The van der Waals surface area contributed by atoms with Gasteiger partial charge >= 0.3 is 5.69 Å². The number of nitrogens with one attached hydrogen (secondary N) is 1. The van der Waals surface area contributed by atoms with Crippen molar-refractivity contribution in [1.82, 2.24) is 19.7 Å². The number of benzene rings is 2. The fourth-order valence-corrected chi connectivity index (χ4v) is 5.82. The van der Waals surface area contributed by atoms with Crippen LogP contribution < -0.4 is 16.0 Å². The first-order valence-corrected chi connectivity index (χ1v) is 12.6. The van der Waals surface area contributed by atoms with Crippen LogP contribution >= 0.6 is 23.2 Å². The van der Waals surface area contributed by atoms with Crippen molar-refractivity contribution in [2.75, 3.05) is 13.1 Å². The van der Waals surface area contributed by atoms with Crippen LogP contribution in [0.25, 0.3) is 5.69 Å². The van der Waals surface area contributed by atoms with Gasteiger partial charge in [-0.25, -0.2) is 4.79 Å². The molecule has 1 saturated carbocycles. The number of halogens is 2. The van der Waals surface area contributed by atoms with E-state index in [2.05, 4.69) is 10.1 Å². The number of phenols is 1. The lowest BCUT2D eigenvalue weighted by atomic mass is 9.78. The van der Waals surface area contributed by atoms with Gasteiger partial charge in [0.15, 0.2) is 5.75 Å². The highest BCUT2D eigenvalue weighted by atomic mass is 35.5. The van der Waals surface area contributed by atoms with E-state index in [4.69, 9.17) is 27.9 Å². The number of nitrogens with zero attached hydrogens (tertiary/aromatic N) is 3. The van der Waals surface area contributed by atoms with Crippen LogP contribution in [-0.4, -0.2) is 55.0 Å². The van der Waals surface area contributed by atoms with Crippen molar-refractivity contribution < 1.29 is 19.7 Å². The van der Waals surface area contributed by atoms with Crippen LogP contribution in [-0.2, 0) is 0 Å². The Morgan fingerprint density at radius 1 is 1.16 bits per heavy atom. The van der Waals surface area contributed by atoms with E-state index in [1.807, 2.05) is 0 Å². The highest BCUT2D eigenvalue weighted by Gasteiger charge is 2.43. The molecule has 2 atom stereocenters. The maximum atomic E-state index is 13.4. The molecule has 1 aliphatic carbocycles. The first-order chi connectivity index (χ1) is 17.6. The fraction of sp³-hybridized carbons (Fsp3) is 0.360. The molecule has 1 saturated heterocycles. The number of H-pyrrole nitrogens is 1. The third kappa shape index (κ3) is 5.09. The second-order valence-electron chi connectivity index (χ2n) is 9.60. The largest absolute Gasteiger partial charge is 0.507 e. The molecule has 1 spiro atoms. The summed E-state index contributed by atoms with van der Waals surface area (Å²) in [5.74, 6) is -0.204. The van der Waals surface area contributed by atoms with Gasteiger partial charge in [-0.3, -0.25) is 14.6 Å². The minimum atomic E-state index is -0.762. The average molecular weight is 547 g/mol. The van der Waals surface area contributed by atoms with Crippen molar-refractivity contribution in [2.24, 2.45) is 5.41 Å². The van der Waals surface area contributed by atoms with E-state index in [0.717, 1.165) is 36.6 Å². The number of piperidine rings is 1. The molecule has 2 fully saturated rings. The van der Waals surface area contributed by atoms with E-state index in [0.29, 0.717) is 19.5 Å². The summed E-state index contributed by atoms with van der Waals surface area (Å²) in [4.78, 5) is 40.5. The SMILES string of the molecule is O=C(c1cc(Oc2c(Cl)cc(-n3ncc(=O)[nH]c3=O)cc2Cl)ccc1O)N1CCCC2(CC[C@H](O)C2)C1. The van der Waals surface area contributed by atoms with Crippen LogP contribution in [0.3, 0.4) is 0 Å². The maximum Gasteiger partial charge on any atom is 0.349 e. The molecule has 1 aliphatic heterocycles. The Bertz CT molecular complexity index is 1460. The van der Waals surface area contributed by atoms with Crippen LogP contribution in [0.4, 0.5) is 0 Å². The molecule has 2 aliphatic rings. The fourth-order valence-electron chi connectivity index (χ4n) is 5.27. The number of aromatic amines is 1. The molecule has 37 heavy (non-hydrogen) atoms. The summed E-state index contributed by atoms with van der Waals surface area (Å²) in [6, 6.07) is 7.06. The number of carbonyl (C=O) groups excluding carboxylic acids is 1. The first kappa shape index (κ1) is 25.3. The molecular formula is C25H24Cl2N4O6. The minimum absolute atomic E-state index is 0.0566. The number of carbonyl (C=O) groups is 1. The Morgan fingerprint density at radius 3 is 2.59 bits per heavy atom. The summed E-state index contributed by atoms with van der Waals surface area (Å²) in [6.45, 7) is 1.10. The van der Waals surface area contributed by atoms with E-state index in [-0.39, 0.29) is 56.0 Å². The van der Waals surface area contributed by atoms with Crippen LogP contribution in [0, 0.1) is 5.41 Å². The normalized spacial score (nSPS) is 21.4. The van der Waals surface area contributed by atoms with Crippen molar-refractivity contribution in [1.29, 1.82) is 0 Å². The number of rotatable bonds is 4. The highest BCUT2D eigenvalue weighted by Crippen LogP contribution is 2.45. The topological polar surface area (TPSA) is 138 Å². The molecular weight excluding hydrogens is 523 g/mol. The molecule has 3 N–H and O–H groups in total. The first-order valence-electron chi connectivity index (χ1n) is 11.8. The van der Waals surface area contributed by atoms with Crippen LogP contribution in [0.2, 0.25) is 10.0 Å². The third-order valence-corrected chi connectivity index (χ3v) is 7.55. The summed E-state index contributed by atoms with van der Waals surface area (Å²) in [7, 11) is 0. The third-order valence-electron chi connectivity index (χ3n) is 6.98. The summed E-state index contributed by atoms with van der Waals surface area (Å²) < 4.78 is 6.80. The van der Waals surface area contributed by atoms with E-state index in [9.17, 15) is 24.6 Å².